The number of hydrogen-bond acceptors (Lipinski definition) is 6. The number of carbonyl (C=O) groups is 1. The number of nitrogens with one attached hydrogen (secondary N) is 1. The number of rotatable bonds is 11. The monoisotopic (exact) mass is 530 g/mol. The highest BCUT2D eigenvalue weighted by Gasteiger charge is 2.30. The Balaban J connectivity index is 1.43. The van der Waals surface area contributed by atoms with Crippen molar-refractivity contribution in [2.45, 2.75) is 51.2 Å². The molecule has 4 rings (SSSR count). The van der Waals surface area contributed by atoms with Crippen molar-refractivity contribution in [3.8, 4) is 5.75 Å². The Morgan fingerprint density at radius 2 is 1.89 bits per heavy atom. The fourth-order valence-corrected chi connectivity index (χ4v) is 5.16. The normalized spacial score (nSPS) is 17.9. The number of primary amides is 1. The van der Waals surface area contributed by atoms with E-state index in [9.17, 15) is 18.0 Å². The minimum atomic E-state index is -4.39. The zero-order valence-electron chi connectivity index (χ0n) is 21.4. The van der Waals surface area contributed by atoms with E-state index in [0.29, 0.717) is 46.5 Å². The van der Waals surface area contributed by atoms with E-state index in [-0.39, 0.29) is 12.1 Å². The van der Waals surface area contributed by atoms with Crippen LogP contribution in [0.3, 0.4) is 0 Å². The third-order valence-corrected chi connectivity index (χ3v) is 7.04. The third-order valence-electron chi connectivity index (χ3n) is 7.04. The van der Waals surface area contributed by atoms with Crippen LogP contribution in [-0.2, 0) is 17.5 Å². The molecule has 0 aliphatic heterocycles. The predicted octanol–water partition coefficient (Wildman–Crippen LogP) is 5.97. The van der Waals surface area contributed by atoms with Crippen molar-refractivity contribution in [2.75, 3.05) is 25.6 Å². The Morgan fingerprint density at radius 1 is 1.13 bits per heavy atom. The lowest BCUT2D eigenvalue weighted by Gasteiger charge is -2.28. The number of ether oxygens (including phenoxy) is 2. The second-order valence-electron chi connectivity index (χ2n) is 9.85. The van der Waals surface area contributed by atoms with Gasteiger partial charge in [-0.3, -0.25) is 4.79 Å². The van der Waals surface area contributed by atoms with E-state index >= 15 is 0 Å². The fraction of sp³-hybridized carbons (Fsp3) is 0.464. The van der Waals surface area contributed by atoms with Gasteiger partial charge in [0.25, 0.3) is 5.91 Å². The first-order chi connectivity index (χ1) is 18.2. The number of fused-ring (bicyclic) bond motifs is 1. The van der Waals surface area contributed by atoms with Crippen LogP contribution in [0.5, 0.6) is 5.75 Å². The van der Waals surface area contributed by atoms with Gasteiger partial charge in [-0.25, -0.2) is 9.97 Å². The Bertz CT molecular complexity index is 1230. The van der Waals surface area contributed by atoms with Crippen molar-refractivity contribution >= 4 is 22.6 Å². The van der Waals surface area contributed by atoms with Crippen molar-refractivity contribution in [2.24, 2.45) is 17.6 Å². The van der Waals surface area contributed by atoms with E-state index in [0.717, 1.165) is 31.6 Å². The maximum absolute atomic E-state index is 12.8. The number of benzene rings is 2. The number of halogens is 3. The number of aromatic nitrogens is 2. The topological polar surface area (TPSA) is 99.4 Å². The molecule has 1 saturated carbocycles. The molecule has 10 heteroatoms. The van der Waals surface area contributed by atoms with Crippen molar-refractivity contribution in [3.63, 3.8) is 0 Å². The van der Waals surface area contributed by atoms with Crippen LogP contribution < -0.4 is 15.8 Å². The summed E-state index contributed by atoms with van der Waals surface area (Å²) in [4.78, 5) is 20.7. The first-order valence-electron chi connectivity index (χ1n) is 12.8. The Kier molecular flexibility index (Phi) is 9.04. The Morgan fingerprint density at radius 3 is 2.61 bits per heavy atom. The molecule has 1 amide bonds. The second kappa shape index (κ2) is 12.4. The summed E-state index contributed by atoms with van der Waals surface area (Å²) in [7, 11) is 1.75. The molecule has 1 aromatic heterocycles. The largest absolute Gasteiger partial charge is 0.494 e. The van der Waals surface area contributed by atoms with Crippen LogP contribution in [0.1, 0.15) is 60.0 Å². The zero-order valence-corrected chi connectivity index (χ0v) is 21.4. The van der Waals surface area contributed by atoms with Crippen LogP contribution in [0, 0.1) is 11.8 Å². The van der Waals surface area contributed by atoms with Gasteiger partial charge in [-0.2, -0.15) is 13.2 Å². The summed E-state index contributed by atoms with van der Waals surface area (Å²) in [5.74, 6) is 1.57. The molecule has 2 unspecified atom stereocenters. The number of alkyl halides is 3. The van der Waals surface area contributed by atoms with Crippen molar-refractivity contribution < 1.29 is 27.4 Å². The molecule has 1 heterocycles. The van der Waals surface area contributed by atoms with E-state index < -0.39 is 17.6 Å². The molecule has 1 aliphatic rings. The van der Waals surface area contributed by atoms with Gasteiger partial charge in [-0.05, 0) is 67.3 Å². The molecule has 0 spiro atoms. The maximum Gasteiger partial charge on any atom is 0.416 e. The molecular formula is C28H33F3N4O3. The lowest BCUT2D eigenvalue weighted by molar-refractivity contribution is -0.137. The summed E-state index contributed by atoms with van der Waals surface area (Å²) < 4.78 is 49.9. The van der Waals surface area contributed by atoms with Crippen LogP contribution in [-0.4, -0.2) is 36.2 Å². The van der Waals surface area contributed by atoms with Crippen LogP contribution in [0.25, 0.3) is 10.9 Å². The molecule has 1 aliphatic carbocycles. The highest BCUT2D eigenvalue weighted by Crippen LogP contribution is 2.33. The number of nitrogens with zero attached hydrogens (tertiary/aromatic N) is 2. The highest BCUT2D eigenvalue weighted by atomic mass is 19.4. The smallest absolute Gasteiger partial charge is 0.416 e. The summed E-state index contributed by atoms with van der Waals surface area (Å²) >= 11 is 0. The molecule has 2 aromatic carbocycles. The number of anilines is 1. The van der Waals surface area contributed by atoms with Crippen molar-refractivity contribution in [1.82, 2.24) is 9.97 Å². The van der Waals surface area contributed by atoms with Crippen LogP contribution in [0.15, 0.2) is 42.7 Å². The number of amides is 1. The van der Waals surface area contributed by atoms with Gasteiger partial charge in [0, 0.05) is 25.6 Å². The summed E-state index contributed by atoms with van der Waals surface area (Å²) in [5.41, 5.74) is 6.15. The highest BCUT2D eigenvalue weighted by molar-refractivity contribution is 6.07. The van der Waals surface area contributed by atoms with Crippen LogP contribution in [0.2, 0.25) is 0 Å². The standard InChI is InChI=1S/C28H33F3N4O3/c1-37-16-20-5-2-4-18(12-20)6-3-11-38-22-13-23(26(32)36)25-24(14-22)27(35-17-34-25)33-15-19-7-9-21(10-8-19)28(29,30)31/h7-10,13-14,17-18,20H,2-6,11-12,15-16H2,1H3,(H2,32,36)(H,33,34,35). The van der Waals surface area contributed by atoms with Gasteiger partial charge in [0.05, 0.1) is 23.3 Å². The Labute approximate surface area is 219 Å². The lowest BCUT2D eigenvalue weighted by Crippen LogP contribution is -2.19. The molecule has 0 saturated heterocycles. The molecular weight excluding hydrogens is 497 g/mol. The van der Waals surface area contributed by atoms with Crippen molar-refractivity contribution in [3.05, 3.63) is 59.4 Å². The number of carbonyl (C=O) groups excluding carboxylic acids is 1. The lowest BCUT2D eigenvalue weighted by atomic mass is 9.80. The van der Waals surface area contributed by atoms with Gasteiger partial charge in [-0.1, -0.05) is 25.0 Å². The minimum Gasteiger partial charge on any atom is -0.494 e. The molecule has 7 nitrogen and oxygen atoms in total. The van der Waals surface area contributed by atoms with E-state index in [1.807, 2.05) is 0 Å². The quantitative estimate of drug-likeness (QED) is 0.296. The average Bonchev–Trinajstić information content (AvgIpc) is 2.89. The van der Waals surface area contributed by atoms with Gasteiger partial charge >= 0.3 is 6.18 Å². The maximum atomic E-state index is 12.8. The SMILES string of the molecule is COCC1CCCC(CCCOc2cc(C(N)=O)c3ncnc(NCc4ccc(C(F)(F)F)cc4)c3c2)C1. The average molecular weight is 531 g/mol. The number of nitrogens with two attached hydrogens (primary N) is 1. The fourth-order valence-electron chi connectivity index (χ4n) is 5.16. The minimum absolute atomic E-state index is 0.215. The number of methoxy groups -OCH3 is 1. The molecule has 38 heavy (non-hydrogen) atoms. The molecule has 3 aromatic rings. The molecule has 1 fully saturated rings. The van der Waals surface area contributed by atoms with E-state index in [1.165, 1.54) is 44.1 Å². The second-order valence-corrected chi connectivity index (χ2v) is 9.85. The first kappa shape index (κ1) is 27.6. The molecule has 204 valence electrons. The first-order valence-corrected chi connectivity index (χ1v) is 12.8. The third kappa shape index (κ3) is 7.12. The van der Waals surface area contributed by atoms with E-state index in [2.05, 4.69) is 15.3 Å². The summed E-state index contributed by atoms with van der Waals surface area (Å²) in [6, 6.07) is 8.24. The predicted molar refractivity (Wildman–Crippen MR) is 139 cm³/mol. The molecule has 3 N–H and O–H groups in total. The molecule has 0 bridgehead atoms. The van der Waals surface area contributed by atoms with Gasteiger partial charge < -0.3 is 20.5 Å². The van der Waals surface area contributed by atoms with Gasteiger partial charge in [0.15, 0.2) is 0 Å². The van der Waals surface area contributed by atoms with E-state index in [4.69, 9.17) is 15.2 Å². The van der Waals surface area contributed by atoms with Gasteiger partial charge in [0.2, 0.25) is 0 Å². The van der Waals surface area contributed by atoms with Crippen LogP contribution >= 0.6 is 0 Å². The van der Waals surface area contributed by atoms with E-state index in [1.54, 1.807) is 19.2 Å². The zero-order chi connectivity index (χ0) is 27.1. The molecule has 0 radical (unpaired) electrons. The molecule has 2 atom stereocenters. The summed E-state index contributed by atoms with van der Waals surface area (Å²) in [6.07, 6.45) is 3.75. The van der Waals surface area contributed by atoms with Gasteiger partial charge in [0.1, 0.15) is 17.9 Å². The van der Waals surface area contributed by atoms with Crippen molar-refractivity contribution in [1.29, 1.82) is 0 Å². The summed E-state index contributed by atoms with van der Waals surface area (Å²) in [5, 5.41) is 3.67. The van der Waals surface area contributed by atoms with Crippen LogP contribution in [0.4, 0.5) is 19.0 Å². The van der Waals surface area contributed by atoms with Gasteiger partial charge in [-0.15, -0.1) is 0 Å². The Hall–Kier alpha value is -3.40. The number of hydrogen-bond donors (Lipinski definition) is 2. The summed E-state index contributed by atoms with van der Waals surface area (Å²) in [6.45, 7) is 1.54.